The molecule has 0 nitrogen and oxygen atoms in total. The monoisotopic (exact) mass is 206 g/mol. The Hall–Kier alpha value is -1.01. The van der Waals surface area contributed by atoms with Crippen LogP contribution >= 0.6 is 11.6 Å². The third kappa shape index (κ3) is 3.04. The number of benzene rings is 1. The topological polar surface area (TPSA) is 0 Å². The Labute approximate surface area is 90.9 Å². The fourth-order valence-corrected chi connectivity index (χ4v) is 1.46. The first-order valence-corrected chi connectivity index (χ1v) is 5.27. The number of halogens is 1. The second kappa shape index (κ2) is 5.66. The van der Waals surface area contributed by atoms with Crippen molar-refractivity contribution in [2.75, 3.05) is 5.88 Å². The van der Waals surface area contributed by atoms with Crippen molar-refractivity contribution in [2.45, 2.75) is 13.8 Å². The summed E-state index contributed by atoms with van der Waals surface area (Å²) >= 11 is 5.70. The summed E-state index contributed by atoms with van der Waals surface area (Å²) in [5.41, 5.74) is 3.68. The molecule has 1 aromatic carbocycles. The highest BCUT2D eigenvalue weighted by atomic mass is 35.5. The highest BCUT2D eigenvalue weighted by Gasteiger charge is 1.95. The third-order valence-electron chi connectivity index (χ3n) is 2.03. The van der Waals surface area contributed by atoms with E-state index in [2.05, 4.69) is 37.3 Å². The van der Waals surface area contributed by atoms with Crippen LogP contribution in [0.4, 0.5) is 0 Å². The van der Waals surface area contributed by atoms with Crippen molar-refractivity contribution in [3.8, 4) is 0 Å². The molecule has 0 amide bonds. The zero-order chi connectivity index (χ0) is 10.4. The van der Waals surface area contributed by atoms with Gasteiger partial charge in [-0.25, -0.2) is 0 Å². The van der Waals surface area contributed by atoms with E-state index in [0.717, 1.165) is 0 Å². The van der Waals surface area contributed by atoms with Crippen LogP contribution in [-0.2, 0) is 0 Å². The molecule has 0 fully saturated rings. The third-order valence-corrected chi connectivity index (χ3v) is 2.18. The predicted octanol–water partition coefficient (Wildman–Crippen LogP) is 4.19. The molecule has 0 N–H and O–H groups in total. The largest absolute Gasteiger partial charge is 0.122 e. The normalized spacial score (nSPS) is 12.4. The lowest BCUT2D eigenvalue weighted by Crippen LogP contribution is -1.82. The molecular formula is C13H15Cl. The Balaban J connectivity index is 3.00. The Morgan fingerprint density at radius 3 is 2.43 bits per heavy atom. The van der Waals surface area contributed by atoms with Gasteiger partial charge in [-0.3, -0.25) is 0 Å². The molecule has 0 saturated heterocycles. The second-order valence-corrected chi connectivity index (χ2v) is 3.49. The second-order valence-electron chi connectivity index (χ2n) is 3.18. The van der Waals surface area contributed by atoms with E-state index in [-0.39, 0.29) is 0 Å². The van der Waals surface area contributed by atoms with Gasteiger partial charge in [0.25, 0.3) is 0 Å². The predicted molar refractivity (Wildman–Crippen MR) is 64.7 cm³/mol. The molecule has 0 aliphatic heterocycles. The van der Waals surface area contributed by atoms with Crippen molar-refractivity contribution in [3.63, 3.8) is 0 Å². The van der Waals surface area contributed by atoms with Gasteiger partial charge in [0.15, 0.2) is 0 Å². The molecule has 14 heavy (non-hydrogen) atoms. The molecule has 0 saturated carbocycles. The van der Waals surface area contributed by atoms with E-state index in [4.69, 9.17) is 11.6 Å². The highest BCUT2D eigenvalue weighted by Crippen LogP contribution is 2.16. The Kier molecular flexibility index (Phi) is 4.48. The molecule has 0 radical (unpaired) electrons. The van der Waals surface area contributed by atoms with Gasteiger partial charge in [0.2, 0.25) is 0 Å². The first kappa shape index (κ1) is 11.1. The number of alkyl halides is 1. The highest BCUT2D eigenvalue weighted by molar-refractivity contribution is 6.19. The van der Waals surface area contributed by atoms with Crippen LogP contribution in [0.2, 0.25) is 0 Å². The molecule has 0 heterocycles. The maximum Gasteiger partial charge on any atom is 0.0413 e. The van der Waals surface area contributed by atoms with Crippen LogP contribution in [0, 0.1) is 6.92 Å². The Bertz CT molecular complexity index is 331. The van der Waals surface area contributed by atoms with E-state index in [1.165, 1.54) is 16.7 Å². The Morgan fingerprint density at radius 1 is 1.29 bits per heavy atom. The number of aryl methyl sites for hydroxylation is 1. The first-order chi connectivity index (χ1) is 6.77. The van der Waals surface area contributed by atoms with E-state index in [1.807, 2.05) is 19.1 Å². The summed E-state index contributed by atoms with van der Waals surface area (Å²) in [6.45, 7) is 4.10. The van der Waals surface area contributed by atoms with Crippen molar-refractivity contribution in [3.05, 3.63) is 53.6 Å². The van der Waals surface area contributed by atoms with Crippen LogP contribution in [0.15, 0.2) is 42.5 Å². The summed E-state index contributed by atoms with van der Waals surface area (Å²) in [5.74, 6) is 0.549. The van der Waals surface area contributed by atoms with E-state index >= 15 is 0 Å². The molecule has 0 aliphatic carbocycles. The van der Waals surface area contributed by atoms with E-state index < -0.39 is 0 Å². The minimum absolute atomic E-state index is 0.549. The molecule has 0 atom stereocenters. The first-order valence-electron chi connectivity index (χ1n) is 4.73. The minimum atomic E-state index is 0.549. The van der Waals surface area contributed by atoms with Gasteiger partial charge in [0, 0.05) is 5.88 Å². The summed E-state index contributed by atoms with van der Waals surface area (Å²) in [7, 11) is 0. The maximum atomic E-state index is 5.70. The van der Waals surface area contributed by atoms with Crippen LogP contribution in [0.25, 0.3) is 5.57 Å². The van der Waals surface area contributed by atoms with Gasteiger partial charge in [-0.05, 0) is 25.0 Å². The molecular weight excluding hydrogens is 192 g/mol. The van der Waals surface area contributed by atoms with Gasteiger partial charge < -0.3 is 0 Å². The molecule has 0 aromatic heterocycles. The van der Waals surface area contributed by atoms with Gasteiger partial charge in [0.1, 0.15) is 0 Å². The fourth-order valence-electron chi connectivity index (χ4n) is 1.29. The van der Waals surface area contributed by atoms with Gasteiger partial charge in [-0.1, -0.05) is 48.1 Å². The molecule has 74 valence electrons. The van der Waals surface area contributed by atoms with Crippen molar-refractivity contribution in [1.82, 2.24) is 0 Å². The molecule has 1 heteroatoms. The quantitative estimate of drug-likeness (QED) is 0.514. The smallest absolute Gasteiger partial charge is 0.0413 e. The summed E-state index contributed by atoms with van der Waals surface area (Å²) in [5, 5.41) is 0. The van der Waals surface area contributed by atoms with Crippen LogP contribution in [0.1, 0.15) is 18.1 Å². The lowest BCUT2D eigenvalue weighted by Gasteiger charge is -2.02. The summed E-state index contributed by atoms with van der Waals surface area (Å²) in [4.78, 5) is 0. The van der Waals surface area contributed by atoms with Gasteiger partial charge >= 0.3 is 0 Å². The van der Waals surface area contributed by atoms with E-state index in [9.17, 15) is 0 Å². The fraction of sp³-hybridized carbons (Fsp3) is 0.231. The van der Waals surface area contributed by atoms with Crippen LogP contribution < -0.4 is 0 Å². The van der Waals surface area contributed by atoms with Crippen molar-refractivity contribution >= 4 is 17.2 Å². The number of rotatable bonds is 3. The summed E-state index contributed by atoms with van der Waals surface area (Å²) in [6.07, 6.45) is 6.12. The van der Waals surface area contributed by atoms with E-state index in [1.54, 1.807) is 0 Å². The van der Waals surface area contributed by atoms with Gasteiger partial charge in [0.05, 0.1) is 0 Å². The average Bonchev–Trinajstić information content (AvgIpc) is 2.19. The number of allylic oxidation sites excluding steroid dienone is 4. The molecule has 0 aliphatic rings. The van der Waals surface area contributed by atoms with Crippen molar-refractivity contribution in [1.29, 1.82) is 0 Å². The zero-order valence-corrected chi connectivity index (χ0v) is 9.38. The molecule has 0 spiro atoms. The van der Waals surface area contributed by atoms with Crippen LogP contribution in [0.5, 0.6) is 0 Å². The van der Waals surface area contributed by atoms with Crippen molar-refractivity contribution in [2.24, 2.45) is 0 Å². The number of hydrogen-bond acceptors (Lipinski definition) is 0. The minimum Gasteiger partial charge on any atom is -0.122 e. The number of hydrogen-bond donors (Lipinski definition) is 0. The summed E-state index contributed by atoms with van der Waals surface area (Å²) in [6, 6.07) is 8.46. The SMILES string of the molecule is C/C=C\C(=C/CCl)c1ccc(C)cc1. The lowest BCUT2D eigenvalue weighted by atomic mass is 10.0. The molecule has 0 bridgehead atoms. The molecule has 1 aromatic rings. The Morgan fingerprint density at radius 2 is 1.93 bits per heavy atom. The molecule has 0 unspecified atom stereocenters. The lowest BCUT2D eigenvalue weighted by molar-refractivity contribution is 1.45. The van der Waals surface area contributed by atoms with Crippen LogP contribution in [0.3, 0.4) is 0 Å². The van der Waals surface area contributed by atoms with E-state index in [0.29, 0.717) is 5.88 Å². The zero-order valence-electron chi connectivity index (χ0n) is 8.63. The summed E-state index contributed by atoms with van der Waals surface area (Å²) < 4.78 is 0. The maximum absolute atomic E-state index is 5.70. The van der Waals surface area contributed by atoms with Crippen LogP contribution in [-0.4, -0.2) is 5.88 Å². The standard InChI is InChI=1S/C13H15Cl/c1-3-4-12(9-10-14)13-7-5-11(2)6-8-13/h3-9H,10H2,1-2H3/b4-3-,12-9+. The average molecular weight is 207 g/mol. The van der Waals surface area contributed by atoms with Crippen molar-refractivity contribution < 1.29 is 0 Å². The van der Waals surface area contributed by atoms with Gasteiger partial charge in [-0.2, -0.15) is 0 Å². The van der Waals surface area contributed by atoms with Gasteiger partial charge in [-0.15, -0.1) is 11.6 Å². The molecule has 1 rings (SSSR count).